The van der Waals surface area contributed by atoms with E-state index in [1.807, 2.05) is 0 Å². The van der Waals surface area contributed by atoms with Crippen molar-refractivity contribution in [1.29, 1.82) is 0 Å². The van der Waals surface area contributed by atoms with E-state index in [0.29, 0.717) is 4.34 Å². The molecule has 0 saturated heterocycles. The number of thiophene rings is 1. The normalized spacial score (nSPS) is 11.7. The lowest BCUT2D eigenvalue weighted by Crippen LogP contribution is -2.42. The molecule has 2 aromatic rings. The van der Waals surface area contributed by atoms with E-state index in [2.05, 4.69) is 5.32 Å². The van der Waals surface area contributed by atoms with E-state index in [1.54, 1.807) is 0 Å². The van der Waals surface area contributed by atoms with Crippen molar-refractivity contribution in [2.45, 2.75) is 12.5 Å². The lowest BCUT2D eigenvalue weighted by Gasteiger charge is -2.15. The van der Waals surface area contributed by atoms with Gasteiger partial charge >= 0.3 is 5.97 Å². The molecule has 0 fully saturated rings. The number of carbonyl (C=O) groups excluding carboxylic acids is 2. The summed E-state index contributed by atoms with van der Waals surface area (Å²) in [6, 6.07) is 6.43. The van der Waals surface area contributed by atoms with E-state index >= 15 is 0 Å². The minimum absolute atomic E-state index is 0.124. The lowest BCUT2D eigenvalue weighted by molar-refractivity contribution is -0.137. The van der Waals surface area contributed by atoms with Crippen LogP contribution in [0.25, 0.3) is 0 Å². The van der Waals surface area contributed by atoms with Crippen molar-refractivity contribution < 1.29 is 23.9 Å². The van der Waals surface area contributed by atoms with Crippen molar-refractivity contribution in [3.8, 4) is 0 Å². The number of benzene rings is 1. The van der Waals surface area contributed by atoms with Crippen LogP contribution in [0.2, 0.25) is 4.34 Å². The minimum Gasteiger partial charge on any atom is -0.481 e. The number of amides is 1. The van der Waals surface area contributed by atoms with Crippen LogP contribution < -0.4 is 5.32 Å². The van der Waals surface area contributed by atoms with Crippen molar-refractivity contribution in [3.63, 3.8) is 0 Å². The zero-order valence-corrected chi connectivity index (χ0v) is 13.2. The first-order chi connectivity index (χ1) is 10.9. The number of rotatable bonds is 6. The number of carboxylic acids is 1. The van der Waals surface area contributed by atoms with Crippen LogP contribution in [0.15, 0.2) is 36.4 Å². The standard InChI is InChI=1S/C15H11ClFNO4S/c16-12-6-5-11(23-12)14(21)10(7-13(19)20)18-15(22)8-1-3-9(17)4-2-8/h1-6,10H,7H2,(H,18,22)(H,19,20). The van der Waals surface area contributed by atoms with Gasteiger partial charge in [0.1, 0.15) is 11.9 Å². The van der Waals surface area contributed by atoms with Gasteiger partial charge in [-0.3, -0.25) is 14.4 Å². The van der Waals surface area contributed by atoms with Gasteiger partial charge < -0.3 is 10.4 Å². The molecular weight excluding hydrogens is 345 g/mol. The Kier molecular flexibility index (Phi) is 5.46. The SMILES string of the molecule is O=C(O)CC(NC(=O)c1ccc(F)cc1)C(=O)c1ccc(Cl)s1. The average Bonchev–Trinajstić information content (AvgIpc) is 2.92. The number of carboxylic acid groups (broad SMARTS) is 1. The van der Waals surface area contributed by atoms with Crippen LogP contribution in [-0.4, -0.2) is 28.8 Å². The van der Waals surface area contributed by atoms with Gasteiger partial charge in [-0.2, -0.15) is 0 Å². The maximum absolute atomic E-state index is 12.9. The first-order valence-electron chi connectivity index (χ1n) is 6.44. The van der Waals surface area contributed by atoms with E-state index in [1.165, 1.54) is 24.3 Å². The molecule has 0 bridgehead atoms. The quantitative estimate of drug-likeness (QED) is 0.780. The zero-order chi connectivity index (χ0) is 17.0. The Hall–Kier alpha value is -2.25. The first kappa shape index (κ1) is 17.1. The number of aliphatic carboxylic acids is 1. The van der Waals surface area contributed by atoms with Crippen molar-refractivity contribution in [2.24, 2.45) is 0 Å². The van der Waals surface area contributed by atoms with Gasteiger partial charge in [-0.25, -0.2) is 4.39 Å². The highest BCUT2D eigenvalue weighted by Crippen LogP contribution is 2.23. The first-order valence-corrected chi connectivity index (χ1v) is 7.64. The van der Waals surface area contributed by atoms with Gasteiger partial charge in [0.15, 0.2) is 5.78 Å². The summed E-state index contributed by atoms with van der Waals surface area (Å²) in [7, 11) is 0. The topological polar surface area (TPSA) is 83.5 Å². The fourth-order valence-corrected chi connectivity index (χ4v) is 2.88. The lowest BCUT2D eigenvalue weighted by atomic mass is 10.1. The van der Waals surface area contributed by atoms with Crippen LogP contribution in [0, 0.1) is 5.82 Å². The van der Waals surface area contributed by atoms with Crippen LogP contribution in [0.1, 0.15) is 26.5 Å². The monoisotopic (exact) mass is 355 g/mol. The predicted octanol–water partition coefficient (Wildman–Crippen LogP) is 3.00. The van der Waals surface area contributed by atoms with E-state index in [-0.39, 0.29) is 10.4 Å². The molecule has 1 atom stereocenters. The number of carbonyl (C=O) groups is 3. The van der Waals surface area contributed by atoms with E-state index < -0.39 is 35.9 Å². The maximum Gasteiger partial charge on any atom is 0.305 e. The number of hydrogen-bond acceptors (Lipinski definition) is 4. The van der Waals surface area contributed by atoms with Gasteiger partial charge in [-0.1, -0.05) is 11.6 Å². The third-order valence-electron chi connectivity index (χ3n) is 2.92. The van der Waals surface area contributed by atoms with Gasteiger partial charge in [0.2, 0.25) is 0 Å². The Labute approximate surface area is 139 Å². The van der Waals surface area contributed by atoms with Gasteiger partial charge in [-0.15, -0.1) is 11.3 Å². The van der Waals surface area contributed by atoms with Crippen molar-refractivity contribution in [2.75, 3.05) is 0 Å². The molecule has 8 heteroatoms. The second-order valence-corrected chi connectivity index (χ2v) is 6.31. The van der Waals surface area contributed by atoms with E-state index in [4.69, 9.17) is 16.7 Å². The number of halogens is 2. The highest BCUT2D eigenvalue weighted by Gasteiger charge is 2.26. The molecule has 1 aromatic heterocycles. The van der Waals surface area contributed by atoms with Crippen molar-refractivity contribution in [3.05, 3.63) is 57.0 Å². The summed E-state index contributed by atoms with van der Waals surface area (Å²) in [6.45, 7) is 0. The highest BCUT2D eigenvalue weighted by molar-refractivity contribution is 7.18. The summed E-state index contributed by atoms with van der Waals surface area (Å²) < 4.78 is 13.2. The smallest absolute Gasteiger partial charge is 0.305 e. The Morgan fingerprint density at radius 2 is 1.83 bits per heavy atom. The van der Waals surface area contributed by atoms with Gasteiger partial charge in [-0.05, 0) is 36.4 Å². The second kappa shape index (κ2) is 7.34. The molecule has 0 saturated carbocycles. The zero-order valence-electron chi connectivity index (χ0n) is 11.6. The third-order valence-corrected chi connectivity index (χ3v) is 4.17. The summed E-state index contributed by atoms with van der Waals surface area (Å²) in [6.07, 6.45) is -0.568. The number of ketones is 1. The summed E-state index contributed by atoms with van der Waals surface area (Å²) >= 11 is 6.76. The molecule has 1 amide bonds. The fraction of sp³-hybridized carbons (Fsp3) is 0.133. The molecule has 2 rings (SSSR count). The van der Waals surface area contributed by atoms with Gasteiger partial charge in [0, 0.05) is 5.56 Å². The van der Waals surface area contributed by atoms with Crippen LogP contribution >= 0.6 is 22.9 Å². The predicted molar refractivity (Wildman–Crippen MR) is 83.6 cm³/mol. The minimum atomic E-state index is -1.24. The molecule has 120 valence electrons. The second-order valence-electron chi connectivity index (χ2n) is 4.60. The summed E-state index contributed by atoms with van der Waals surface area (Å²) in [5.74, 6) is -2.94. The number of hydrogen-bond donors (Lipinski definition) is 2. The molecule has 5 nitrogen and oxygen atoms in total. The van der Waals surface area contributed by atoms with Gasteiger partial charge in [0.25, 0.3) is 5.91 Å². The average molecular weight is 356 g/mol. The molecule has 0 aliphatic heterocycles. The van der Waals surface area contributed by atoms with E-state index in [9.17, 15) is 18.8 Å². The van der Waals surface area contributed by atoms with Crippen LogP contribution in [-0.2, 0) is 4.79 Å². The van der Waals surface area contributed by atoms with Crippen LogP contribution in [0.4, 0.5) is 4.39 Å². The Morgan fingerprint density at radius 1 is 1.17 bits per heavy atom. The van der Waals surface area contributed by atoms with Gasteiger partial charge in [0.05, 0.1) is 15.6 Å². The largest absolute Gasteiger partial charge is 0.481 e. The molecule has 1 heterocycles. The van der Waals surface area contributed by atoms with Crippen molar-refractivity contribution >= 4 is 40.6 Å². The Bertz CT molecular complexity index is 744. The maximum atomic E-state index is 12.9. The Morgan fingerprint density at radius 3 is 2.35 bits per heavy atom. The van der Waals surface area contributed by atoms with E-state index in [0.717, 1.165) is 23.5 Å². The molecule has 1 unspecified atom stereocenters. The fourth-order valence-electron chi connectivity index (χ4n) is 1.85. The molecule has 1 aromatic carbocycles. The number of Topliss-reactive ketones (excluding diaryl/α,β-unsaturated/α-hetero) is 1. The van der Waals surface area contributed by atoms with Crippen molar-refractivity contribution in [1.82, 2.24) is 5.32 Å². The summed E-state index contributed by atoms with van der Waals surface area (Å²) in [4.78, 5) is 35.6. The van der Waals surface area contributed by atoms with Crippen LogP contribution in [0.3, 0.4) is 0 Å². The molecule has 0 aliphatic carbocycles. The molecule has 0 radical (unpaired) electrons. The Balaban J connectivity index is 2.18. The summed E-state index contributed by atoms with van der Waals surface area (Å²) in [5.41, 5.74) is 0.124. The molecule has 0 spiro atoms. The molecule has 2 N–H and O–H groups in total. The molecular formula is C15H11ClFNO4S. The number of nitrogens with one attached hydrogen (secondary N) is 1. The summed E-state index contributed by atoms with van der Waals surface area (Å²) in [5, 5.41) is 11.3. The highest BCUT2D eigenvalue weighted by atomic mass is 35.5. The molecule has 0 aliphatic rings. The third kappa shape index (κ3) is 4.61. The molecule has 23 heavy (non-hydrogen) atoms. The van der Waals surface area contributed by atoms with Crippen LogP contribution in [0.5, 0.6) is 0 Å².